The van der Waals surface area contributed by atoms with Crippen LogP contribution in [-0.4, -0.2) is 54.5 Å². The summed E-state index contributed by atoms with van der Waals surface area (Å²) in [6.07, 6.45) is 4.92. The van der Waals surface area contributed by atoms with Crippen molar-refractivity contribution in [2.24, 2.45) is 0 Å². The Morgan fingerprint density at radius 1 is 1.06 bits per heavy atom. The molecule has 31 heavy (non-hydrogen) atoms. The number of fused-ring (bicyclic) bond motifs is 1. The van der Waals surface area contributed by atoms with Gasteiger partial charge in [-0.3, -0.25) is 9.59 Å². The fraction of sp³-hybridized carbons (Fsp3) is 0.462. The van der Waals surface area contributed by atoms with Gasteiger partial charge in [0.25, 0.3) is 5.91 Å². The monoisotopic (exact) mass is 420 g/mol. The lowest BCUT2D eigenvalue weighted by Gasteiger charge is -2.54. The minimum absolute atomic E-state index is 0.0318. The Morgan fingerprint density at radius 2 is 1.74 bits per heavy atom. The first kappa shape index (κ1) is 21.6. The molecule has 0 saturated heterocycles. The number of nitrogens with zero attached hydrogens (tertiary/aromatic N) is 2. The lowest BCUT2D eigenvalue weighted by molar-refractivity contribution is -0.137. The van der Waals surface area contributed by atoms with E-state index in [1.165, 1.54) is 0 Å². The second-order valence-electron chi connectivity index (χ2n) is 8.81. The number of ether oxygens (including phenoxy) is 1. The van der Waals surface area contributed by atoms with Crippen LogP contribution in [0.15, 0.2) is 54.6 Å². The van der Waals surface area contributed by atoms with E-state index in [1.807, 2.05) is 71.4 Å². The van der Waals surface area contributed by atoms with Crippen molar-refractivity contribution >= 4 is 11.8 Å². The summed E-state index contributed by atoms with van der Waals surface area (Å²) in [5, 5.41) is 0. The number of benzene rings is 2. The SMILES string of the molecule is COCCN1C(=O)c2ccccc2[C@@H](C(=O)N(C)Cc2ccccc2)C12CCCCC2. The third-order valence-electron chi connectivity index (χ3n) is 6.95. The lowest BCUT2D eigenvalue weighted by Crippen LogP contribution is -2.63. The van der Waals surface area contributed by atoms with Gasteiger partial charge in [0.2, 0.25) is 5.91 Å². The Morgan fingerprint density at radius 3 is 2.45 bits per heavy atom. The fourth-order valence-corrected chi connectivity index (χ4v) is 5.48. The molecular weight excluding hydrogens is 388 g/mol. The van der Waals surface area contributed by atoms with E-state index >= 15 is 0 Å². The van der Waals surface area contributed by atoms with E-state index in [0.717, 1.165) is 43.2 Å². The molecule has 1 atom stereocenters. The predicted molar refractivity (Wildman–Crippen MR) is 121 cm³/mol. The third-order valence-corrected chi connectivity index (χ3v) is 6.95. The first-order chi connectivity index (χ1) is 15.1. The van der Waals surface area contributed by atoms with Gasteiger partial charge in [0.1, 0.15) is 0 Å². The summed E-state index contributed by atoms with van der Waals surface area (Å²) in [5.74, 6) is -0.232. The van der Waals surface area contributed by atoms with Crippen molar-refractivity contribution in [3.8, 4) is 0 Å². The molecule has 0 radical (unpaired) electrons. The molecule has 1 heterocycles. The molecular formula is C26H32N2O3. The standard InChI is InChI=1S/C26H32N2O3/c1-27(19-20-11-5-3-6-12-20)25(30)23-21-13-7-8-14-22(21)24(29)28(17-18-31-2)26(23)15-9-4-10-16-26/h3,5-8,11-14,23H,4,9-10,15-19H2,1-2H3/t23-/m0/s1. The summed E-state index contributed by atoms with van der Waals surface area (Å²) in [6.45, 7) is 1.53. The molecule has 2 amide bonds. The van der Waals surface area contributed by atoms with Crippen LogP contribution in [-0.2, 0) is 16.1 Å². The van der Waals surface area contributed by atoms with Crippen molar-refractivity contribution in [3.05, 3.63) is 71.3 Å². The number of hydrogen-bond acceptors (Lipinski definition) is 3. The van der Waals surface area contributed by atoms with Crippen LogP contribution in [0.1, 0.15) is 59.5 Å². The van der Waals surface area contributed by atoms with Crippen LogP contribution in [0.3, 0.4) is 0 Å². The normalized spacial score (nSPS) is 19.9. The molecule has 5 heteroatoms. The van der Waals surface area contributed by atoms with Gasteiger partial charge < -0.3 is 14.5 Å². The van der Waals surface area contributed by atoms with Crippen molar-refractivity contribution in [1.82, 2.24) is 9.80 Å². The van der Waals surface area contributed by atoms with Crippen LogP contribution in [0.4, 0.5) is 0 Å². The van der Waals surface area contributed by atoms with E-state index in [2.05, 4.69) is 0 Å². The van der Waals surface area contributed by atoms with Gasteiger partial charge >= 0.3 is 0 Å². The molecule has 0 bridgehead atoms. The summed E-state index contributed by atoms with van der Waals surface area (Å²) >= 11 is 0. The number of likely N-dealkylation sites (N-methyl/N-ethyl adjacent to an activating group) is 1. The Hall–Kier alpha value is -2.66. The number of methoxy groups -OCH3 is 1. The molecule has 1 saturated carbocycles. The topological polar surface area (TPSA) is 49.9 Å². The molecule has 0 unspecified atom stereocenters. The molecule has 1 aliphatic carbocycles. The number of rotatable bonds is 6. The van der Waals surface area contributed by atoms with Crippen LogP contribution in [0.5, 0.6) is 0 Å². The summed E-state index contributed by atoms with van der Waals surface area (Å²) in [4.78, 5) is 31.4. The second kappa shape index (κ2) is 9.23. The average Bonchev–Trinajstić information content (AvgIpc) is 2.80. The summed E-state index contributed by atoms with van der Waals surface area (Å²) in [5.41, 5.74) is 2.16. The molecule has 1 aliphatic heterocycles. The summed E-state index contributed by atoms with van der Waals surface area (Å²) in [7, 11) is 3.54. The molecule has 0 aromatic heterocycles. The van der Waals surface area contributed by atoms with Crippen molar-refractivity contribution in [2.75, 3.05) is 27.3 Å². The minimum atomic E-state index is -0.482. The van der Waals surface area contributed by atoms with Crippen LogP contribution >= 0.6 is 0 Å². The average molecular weight is 421 g/mol. The van der Waals surface area contributed by atoms with E-state index in [9.17, 15) is 9.59 Å². The molecule has 164 valence electrons. The molecule has 2 aromatic carbocycles. The largest absolute Gasteiger partial charge is 0.383 e. The van der Waals surface area contributed by atoms with Gasteiger partial charge in [-0.2, -0.15) is 0 Å². The summed E-state index contributed by atoms with van der Waals surface area (Å²) in [6, 6.07) is 17.8. The maximum Gasteiger partial charge on any atom is 0.254 e. The maximum atomic E-state index is 14.0. The van der Waals surface area contributed by atoms with Crippen LogP contribution in [0, 0.1) is 0 Å². The van der Waals surface area contributed by atoms with Gasteiger partial charge in [0, 0.05) is 32.8 Å². The molecule has 4 rings (SSSR count). The van der Waals surface area contributed by atoms with Gasteiger partial charge in [0.15, 0.2) is 0 Å². The number of carbonyl (C=O) groups is 2. The van der Waals surface area contributed by atoms with Gasteiger partial charge in [0.05, 0.1) is 18.1 Å². The minimum Gasteiger partial charge on any atom is -0.383 e. The number of carbonyl (C=O) groups excluding carboxylic acids is 2. The molecule has 0 N–H and O–H groups in total. The van der Waals surface area contributed by atoms with Crippen molar-refractivity contribution in [3.63, 3.8) is 0 Å². The highest BCUT2D eigenvalue weighted by molar-refractivity contribution is 6.02. The zero-order chi connectivity index (χ0) is 21.8. The van der Waals surface area contributed by atoms with Gasteiger partial charge in [-0.05, 0) is 30.0 Å². The third kappa shape index (κ3) is 3.99. The fourth-order valence-electron chi connectivity index (χ4n) is 5.48. The first-order valence-electron chi connectivity index (χ1n) is 11.3. The van der Waals surface area contributed by atoms with E-state index in [1.54, 1.807) is 7.11 Å². The van der Waals surface area contributed by atoms with Gasteiger partial charge in [-0.15, -0.1) is 0 Å². The van der Waals surface area contributed by atoms with E-state index in [-0.39, 0.29) is 17.7 Å². The lowest BCUT2D eigenvalue weighted by atomic mass is 9.65. The highest BCUT2D eigenvalue weighted by atomic mass is 16.5. The zero-order valence-corrected chi connectivity index (χ0v) is 18.5. The zero-order valence-electron chi connectivity index (χ0n) is 18.5. The van der Waals surface area contributed by atoms with E-state index < -0.39 is 5.54 Å². The Balaban J connectivity index is 1.77. The van der Waals surface area contributed by atoms with Gasteiger partial charge in [-0.25, -0.2) is 0 Å². The molecule has 1 spiro atoms. The maximum absolute atomic E-state index is 14.0. The van der Waals surface area contributed by atoms with E-state index in [4.69, 9.17) is 4.74 Å². The Labute approximate surface area is 185 Å². The second-order valence-corrected chi connectivity index (χ2v) is 8.81. The molecule has 2 aliphatic rings. The molecule has 5 nitrogen and oxygen atoms in total. The van der Waals surface area contributed by atoms with Crippen molar-refractivity contribution < 1.29 is 14.3 Å². The number of amides is 2. The quantitative estimate of drug-likeness (QED) is 0.703. The molecule has 2 aromatic rings. The summed E-state index contributed by atoms with van der Waals surface area (Å²) < 4.78 is 5.35. The highest BCUT2D eigenvalue weighted by Crippen LogP contribution is 2.49. The van der Waals surface area contributed by atoms with Crippen molar-refractivity contribution in [2.45, 2.75) is 50.1 Å². The van der Waals surface area contributed by atoms with Crippen molar-refractivity contribution in [1.29, 1.82) is 0 Å². The van der Waals surface area contributed by atoms with Gasteiger partial charge in [-0.1, -0.05) is 67.8 Å². The van der Waals surface area contributed by atoms with Crippen LogP contribution < -0.4 is 0 Å². The van der Waals surface area contributed by atoms with Crippen LogP contribution in [0.25, 0.3) is 0 Å². The molecule has 1 fully saturated rings. The van der Waals surface area contributed by atoms with Crippen LogP contribution in [0.2, 0.25) is 0 Å². The Kier molecular flexibility index (Phi) is 6.42. The first-order valence-corrected chi connectivity index (χ1v) is 11.3. The highest BCUT2D eigenvalue weighted by Gasteiger charge is 2.54. The van der Waals surface area contributed by atoms with E-state index in [0.29, 0.717) is 25.3 Å². The number of hydrogen-bond donors (Lipinski definition) is 0. The smallest absolute Gasteiger partial charge is 0.254 e. The Bertz CT molecular complexity index is 921. The predicted octanol–water partition coefficient (Wildman–Crippen LogP) is 4.23.